The van der Waals surface area contributed by atoms with Crippen molar-refractivity contribution in [3.8, 4) is 12.1 Å². The van der Waals surface area contributed by atoms with Crippen LogP contribution in [-0.2, 0) is 0 Å². The van der Waals surface area contributed by atoms with E-state index in [1.807, 2.05) is 0 Å². The molecule has 0 amide bonds. The molecule has 0 saturated heterocycles. The van der Waals surface area contributed by atoms with E-state index in [1.54, 1.807) is 11.8 Å². The van der Waals surface area contributed by atoms with Crippen molar-refractivity contribution >= 4 is 11.8 Å². The highest BCUT2D eigenvalue weighted by atomic mass is 32.2. The number of aromatic nitrogens is 3. The maximum atomic E-state index is 9.11. The lowest BCUT2D eigenvalue weighted by atomic mass is 10.1. The van der Waals surface area contributed by atoms with E-state index in [2.05, 4.69) is 26.9 Å². The van der Waals surface area contributed by atoms with E-state index in [4.69, 9.17) is 10.5 Å². The normalized spacial score (nSPS) is 19.3. The van der Waals surface area contributed by atoms with Gasteiger partial charge in [-0.25, -0.2) is 0 Å². The zero-order valence-electron chi connectivity index (χ0n) is 11.3. The Morgan fingerprint density at radius 3 is 2.65 bits per heavy atom. The summed E-state index contributed by atoms with van der Waals surface area (Å²) in [7, 11) is 0. The van der Waals surface area contributed by atoms with Crippen molar-refractivity contribution in [1.29, 1.82) is 10.5 Å². The lowest BCUT2D eigenvalue weighted by Crippen LogP contribution is -2.05. The fourth-order valence-electron chi connectivity index (χ4n) is 2.28. The van der Waals surface area contributed by atoms with Crippen LogP contribution >= 0.6 is 11.8 Å². The zero-order chi connectivity index (χ0) is 13.9. The summed E-state index contributed by atoms with van der Waals surface area (Å²) in [5, 5.41) is 27.4. The lowest BCUT2D eigenvalue weighted by molar-refractivity contribution is 0.624. The van der Waals surface area contributed by atoms with Crippen LogP contribution < -0.4 is 0 Å². The summed E-state index contributed by atoms with van der Waals surface area (Å²) < 4.78 is 2.31. The van der Waals surface area contributed by atoms with E-state index < -0.39 is 0 Å². The van der Waals surface area contributed by atoms with Gasteiger partial charge >= 0.3 is 0 Å². The molecule has 0 bridgehead atoms. The molecule has 1 heterocycles. The molecule has 104 valence electrons. The maximum Gasteiger partial charge on any atom is 0.191 e. The van der Waals surface area contributed by atoms with Crippen LogP contribution in [0, 0.1) is 28.6 Å². The second-order valence-electron chi connectivity index (χ2n) is 5.55. The van der Waals surface area contributed by atoms with Crippen LogP contribution in [0.2, 0.25) is 0 Å². The zero-order valence-corrected chi connectivity index (χ0v) is 12.1. The molecule has 0 unspecified atom stereocenters. The van der Waals surface area contributed by atoms with Gasteiger partial charge in [-0.15, -0.1) is 10.2 Å². The minimum Gasteiger partial charge on any atom is -0.303 e. The Hall–Kier alpha value is -1.53. The molecule has 20 heavy (non-hydrogen) atoms. The van der Waals surface area contributed by atoms with E-state index in [0.29, 0.717) is 30.6 Å². The van der Waals surface area contributed by atoms with Crippen molar-refractivity contribution in [2.24, 2.45) is 5.92 Å². The first kappa shape index (κ1) is 13.5. The molecular formula is C14H17N5S. The molecular weight excluding hydrogens is 270 g/mol. The molecule has 5 nitrogen and oxygen atoms in total. The first-order chi connectivity index (χ1) is 9.83. The third-order valence-corrected chi connectivity index (χ3v) is 4.85. The van der Waals surface area contributed by atoms with Crippen molar-refractivity contribution in [2.75, 3.05) is 5.75 Å². The molecule has 0 aromatic carbocycles. The smallest absolute Gasteiger partial charge is 0.191 e. The minimum atomic E-state index is -0.0756. The molecule has 1 aromatic rings. The van der Waals surface area contributed by atoms with Gasteiger partial charge in [-0.3, -0.25) is 0 Å². The number of nitriles is 2. The second kappa shape index (κ2) is 5.85. The second-order valence-corrected chi connectivity index (χ2v) is 6.54. The molecule has 1 atom stereocenters. The van der Waals surface area contributed by atoms with Crippen molar-refractivity contribution < 1.29 is 0 Å². The van der Waals surface area contributed by atoms with E-state index in [9.17, 15) is 0 Å². The Kier molecular flexibility index (Phi) is 3.93. The van der Waals surface area contributed by atoms with E-state index in [1.165, 1.54) is 25.7 Å². The van der Waals surface area contributed by atoms with Crippen LogP contribution in [0.15, 0.2) is 5.16 Å². The third-order valence-electron chi connectivity index (χ3n) is 3.75. The van der Waals surface area contributed by atoms with Gasteiger partial charge in [-0.05, 0) is 32.1 Å². The molecule has 0 spiro atoms. The predicted molar refractivity (Wildman–Crippen MR) is 74.9 cm³/mol. The first-order valence-electron chi connectivity index (χ1n) is 7.17. The molecule has 2 saturated carbocycles. The number of hydrogen-bond acceptors (Lipinski definition) is 5. The van der Waals surface area contributed by atoms with Crippen LogP contribution in [0.25, 0.3) is 0 Å². The topological polar surface area (TPSA) is 78.3 Å². The molecule has 0 radical (unpaired) electrons. The summed E-state index contributed by atoms with van der Waals surface area (Å²) in [6, 6.07) is 4.97. The van der Waals surface area contributed by atoms with E-state index in [-0.39, 0.29) is 5.92 Å². The number of thioether (sulfide) groups is 1. The average molecular weight is 287 g/mol. The third kappa shape index (κ3) is 2.96. The van der Waals surface area contributed by atoms with Gasteiger partial charge in [-0.2, -0.15) is 10.5 Å². The van der Waals surface area contributed by atoms with E-state index >= 15 is 0 Å². The quantitative estimate of drug-likeness (QED) is 0.720. The van der Waals surface area contributed by atoms with Crippen molar-refractivity contribution in [3.05, 3.63) is 5.82 Å². The van der Waals surface area contributed by atoms with Crippen LogP contribution in [0.3, 0.4) is 0 Å². The minimum absolute atomic E-state index is 0.0756. The summed E-state index contributed by atoms with van der Waals surface area (Å²) in [6.45, 7) is 0. The number of nitrogens with zero attached hydrogens (tertiary/aromatic N) is 5. The molecule has 3 rings (SSSR count). The molecule has 0 aliphatic heterocycles. The Labute approximate surface area is 123 Å². The highest BCUT2D eigenvalue weighted by Gasteiger charge is 2.36. The Morgan fingerprint density at radius 2 is 2.05 bits per heavy atom. The Morgan fingerprint density at radius 1 is 1.25 bits per heavy atom. The molecule has 0 N–H and O–H groups in total. The van der Waals surface area contributed by atoms with Gasteiger partial charge in [0.05, 0.1) is 18.1 Å². The van der Waals surface area contributed by atoms with Crippen LogP contribution in [0.5, 0.6) is 0 Å². The fraction of sp³-hybridized carbons (Fsp3) is 0.714. The van der Waals surface area contributed by atoms with Gasteiger partial charge in [-0.1, -0.05) is 11.8 Å². The summed E-state index contributed by atoms with van der Waals surface area (Å²) in [6.07, 6.45) is 6.01. The highest BCUT2D eigenvalue weighted by molar-refractivity contribution is 7.99. The van der Waals surface area contributed by atoms with Crippen molar-refractivity contribution in [1.82, 2.24) is 14.8 Å². The molecule has 6 heteroatoms. The van der Waals surface area contributed by atoms with Gasteiger partial charge in [0.1, 0.15) is 5.82 Å². The number of rotatable bonds is 7. The Bertz CT molecular complexity index is 559. The van der Waals surface area contributed by atoms with Crippen molar-refractivity contribution in [3.63, 3.8) is 0 Å². The van der Waals surface area contributed by atoms with Crippen LogP contribution in [-0.4, -0.2) is 20.5 Å². The van der Waals surface area contributed by atoms with Gasteiger partial charge in [0.15, 0.2) is 5.16 Å². The fourth-order valence-corrected chi connectivity index (χ4v) is 3.35. The first-order valence-corrected chi connectivity index (χ1v) is 8.16. The summed E-state index contributed by atoms with van der Waals surface area (Å²) in [4.78, 5) is 0. The molecule has 2 aliphatic carbocycles. The van der Waals surface area contributed by atoms with Crippen LogP contribution in [0.1, 0.15) is 56.3 Å². The number of hydrogen-bond donors (Lipinski definition) is 0. The maximum absolute atomic E-state index is 9.11. The van der Waals surface area contributed by atoms with Gasteiger partial charge < -0.3 is 4.57 Å². The predicted octanol–water partition coefficient (Wildman–Crippen LogP) is 3.03. The van der Waals surface area contributed by atoms with Gasteiger partial charge in [0, 0.05) is 24.1 Å². The van der Waals surface area contributed by atoms with Crippen LogP contribution in [0.4, 0.5) is 0 Å². The van der Waals surface area contributed by atoms with Gasteiger partial charge in [0.2, 0.25) is 0 Å². The molecule has 1 aromatic heterocycles. The largest absolute Gasteiger partial charge is 0.303 e. The van der Waals surface area contributed by atoms with E-state index in [0.717, 1.165) is 11.0 Å². The Balaban J connectivity index is 1.65. The summed E-state index contributed by atoms with van der Waals surface area (Å²) in [5.74, 6) is 2.39. The SMILES string of the molecule is N#CCC[C@@H](C#N)CSc1nnc(C2CC2)n1C1CC1. The monoisotopic (exact) mass is 287 g/mol. The summed E-state index contributed by atoms with van der Waals surface area (Å²) >= 11 is 1.62. The highest BCUT2D eigenvalue weighted by Crippen LogP contribution is 2.46. The molecule has 2 fully saturated rings. The van der Waals surface area contributed by atoms with Gasteiger partial charge in [0.25, 0.3) is 0 Å². The standard InChI is InChI=1S/C14H17N5S/c15-7-1-2-10(8-16)9-20-14-18-17-13(11-3-4-11)19(14)12-5-6-12/h10-12H,1-6,9H2/t10-/m0/s1. The van der Waals surface area contributed by atoms with Crippen molar-refractivity contribution in [2.45, 2.75) is 55.6 Å². The molecule has 2 aliphatic rings. The lowest BCUT2D eigenvalue weighted by Gasteiger charge is -2.09. The average Bonchev–Trinajstić information content (AvgIpc) is 3.38. The summed E-state index contributed by atoms with van der Waals surface area (Å²) in [5.41, 5.74) is 0.